The van der Waals surface area contributed by atoms with Crippen molar-refractivity contribution in [1.82, 2.24) is 9.78 Å². The molecule has 0 spiro atoms. The first-order valence-corrected chi connectivity index (χ1v) is 6.59. The van der Waals surface area contributed by atoms with Gasteiger partial charge < -0.3 is 9.84 Å². The Balaban J connectivity index is 2.11. The molecular formula is C12H17ClN2O3. The lowest BCUT2D eigenvalue weighted by molar-refractivity contribution is 0.0526. The van der Waals surface area contributed by atoms with Gasteiger partial charge in [-0.25, -0.2) is 4.79 Å². The van der Waals surface area contributed by atoms with Gasteiger partial charge >= 0.3 is 5.97 Å². The number of esters is 1. The number of carbonyl (C=O) groups excluding carboxylic acids is 1. The topological polar surface area (TPSA) is 64.3 Å². The van der Waals surface area contributed by atoms with E-state index < -0.39 is 5.97 Å². The predicted molar refractivity (Wildman–Crippen MR) is 66.7 cm³/mol. The first-order chi connectivity index (χ1) is 8.61. The molecule has 18 heavy (non-hydrogen) atoms. The van der Waals surface area contributed by atoms with Gasteiger partial charge in [-0.3, -0.25) is 4.68 Å². The summed E-state index contributed by atoms with van der Waals surface area (Å²) >= 11 is 5.94. The number of halogens is 1. The van der Waals surface area contributed by atoms with Crippen molar-refractivity contribution in [2.45, 2.75) is 44.8 Å². The highest BCUT2D eigenvalue weighted by Crippen LogP contribution is 2.29. The fourth-order valence-electron chi connectivity index (χ4n) is 2.23. The lowest BCUT2D eigenvalue weighted by Gasteiger charge is -2.25. The predicted octanol–water partition coefficient (Wildman–Crippen LogP) is 2.19. The van der Waals surface area contributed by atoms with Crippen LogP contribution in [0.1, 0.15) is 49.0 Å². The molecule has 0 amide bonds. The molecule has 1 aromatic rings. The molecule has 2 rings (SSSR count). The van der Waals surface area contributed by atoms with Gasteiger partial charge in [0, 0.05) is 6.20 Å². The number of aliphatic hydroxyl groups excluding tert-OH is 1. The van der Waals surface area contributed by atoms with Crippen LogP contribution in [0.2, 0.25) is 5.15 Å². The molecule has 0 aromatic carbocycles. The highest BCUT2D eigenvalue weighted by molar-refractivity contribution is 6.32. The van der Waals surface area contributed by atoms with Crippen molar-refractivity contribution in [2.75, 3.05) is 6.61 Å². The van der Waals surface area contributed by atoms with Crippen LogP contribution in [0.3, 0.4) is 0 Å². The molecule has 1 fully saturated rings. The summed E-state index contributed by atoms with van der Waals surface area (Å²) < 4.78 is 6.63. The quantitative estimate of drug-likeness (QED) is 0.857. The zero-order valence-corrected chi connectivity index (χ0v) is 11.1. The number of aliphatic hydroxyl groups is 1. The van der Waals surface area contributed by atoms with Crippen LogP contribution in [0, 0.1) is 0 Å². The molecule has 0 bridgehead atoms. The molecular weight excluding hydrogens is 256 g/mol. The van der Waals surface area contributed by atoms with Crippen molar-refractivity contribution < 1.29 is 14.6 Å². The Morgan fingerprint density at radius 2 is 2.22 bits per heavy atom. The fraction of sp³-hybridized carbons (Fsp3) is 0.667. The molecule has 0 radical (unpaired) electrons. The summed E-state index contributed by atoms with van der Waals surface area (Å²) in [5.74, 6) is -0.440. The van der Waals surface area contributed by atoms with E-state index in [0.717, 1.165) is 25.7 Å². The second-order valence-electron chi connectivity index (χ2n) is 4.50. The van der Waals surface area contributed by atoms with Crippen LogP contribution in [0.5, 0.6) is 0 Å². The minimum Gasteiger partial charge on any atom is -0.462 e. The average molecular weight is 273 g/mol. The van der Waals surface area contributed by atoms with E-state index in [2.05, 4.69) is 5.10 Å². The standard InChI is InChI=1S/C12H17ClN2O3/c1-2-18-12(17)10-7-15(14-11(10)13)8-3-5-9(16)6-4-8/h7-9,16H,2-6H2,1H3. The molecule has 6 heteroatoms. The number of nitrogens with zero attached hydrogens (tertiary/aromatic N) is 2. The van der Waals surface area contributed by atoms with Crippen molar-refractivity contribution in [2.24, 2.45) is 0 Å². The Kier molecular flexibility index (Phi) is 4.24. The molecule has 1 aliphatic carbocycles. The molecule has 1 aliphatic rings. The van der Waals surface area contributed by atoms with E-state index in [1.54, 1.807) is 17.8 Å². The van der Waals surface area contributed by atoms with Crippen molar-refractivity contribution >= 4 is 17.6 Å². The van der Waals surface area contributed by atoms with Gasteiger partial charge in [0.2, 0.25) is 0 Å². The maximum Gasteiger partial charge on any atom is 0.342 e. The zero-order valence-electron chi connectivity index (χ0n) is 10.3. The number of carbonyl (C=O) groups is 1. The second-order valence-corrected chi connectivity index (χ2v) is 4.85. The summed E-state index contributed by atoms with van der Waals surface area (Å²) in [6.45, 7) is 2.06. The number of aromatic nitrogens is 2. The van der Waals surface area contributed by atoms with Crippen molar-refractivity contribution in [3.63, 3.8) is 0 Å². The van der Waals surface area contributed by atoms with E-state index in [0.29, 0.717) is 12.2 Å². The SMILES string of the molecule is CCOC(=O)c1cn(C2CCC(O)CC2)nc1Cl. The highest BCUT2D eigenvalue weighted by atomic mass is 35.5. The number of hydrogen-bond acceptors (Lipinski definition) is 4. The Hall–Kier alpha value is -1.07. The molecule has 100 valence electrons. The largest absolute Gasteiger partial charge is 0.462 e. The van der Waals surface area contributed by atoms with Crippen LogP contribution in [-0.2, 0) is 4.74 Å². The summed E-state index contributed by atoms with van der Waals surface area (Å²) in [4.78, 5) is 11.6. The molecule has 1 N–H and O–H groups in total. The van der Waals surface area contributed by atoms with E-state index in [1.807, 2.05) is 0 Å². The molecule has 1 heterocycles. The van der Waals surface area contributed by atoms with E-state index in [1.165, 1.54) is 0 Å². The number of rotatable bonds is 3. The lowest BCUT2D eigenvalue weighted by atomic mass is 9.93. The summed E-state index contributed by atoms with van der Waals surface area (Å²) in [6.07, 6.45) is 4.65. The monoisotopic (exact) mass is 272 g/mol. The third-order valence-electron chi connectivity index (χ3n) is 3.22. The lowest BCUT2D eigenvalue weighted by Crippen LogP contribution is -2.21. The third-order valence-corrected chi connectivity index (χ3v) is 3.50. The summed E-state index contributed by atoms with van der Waals surface area (Å²) in [6, 6.07) is 0.203. The normalized spacial score (nSPS) is 23.9. The maximum absolute atomic E-state index is 11.6. The fourth-order valence-corrected chi connectivity index (χ4v) is 2.44. The van der Waals surface area contributed by atoms with Gasteiger partial charge in [0.25, 0.3) is 0 Å². The van der Waals surface area contributed by atoms with E-state index in [9.17, 15) is 9.90 Å². The van der Waals surface area contributed by atoms with Gasteiger partial charge in [-0.2, -0.15) is 5.10 Å². The summed E-state index contributed by atoms with van der Waals surface area (Å²) in [5.41, 5.74) is 0.310. The van der Waals surface area contributed by atoms with E-state index >= 15 is 0 Å². The van der Waals surface area contributed by atoms with Crippen molar-refractivity contribution in [3.05, 3.63) is 16.9 Å². The Morgan fingerprint density at radius 3 is 2.83 bits per heavy atom. The second kappa shape index (κ2) is 5.71. The van der Waals surface area contributed by atoms with Crippen LogP contribution in [0.4, 0.5) is 0 Å². The Labute approximate surface area is 111 Å². The van der Waals surface area contributed by atoms with Crippen molar-refractivity contribution in [3.8, 4) is 0 Å². The molecule has 0 atom stereocenters. The van der Waals surface area contributed by atoms with Crippen LogP contribution in [-0.4, -0.2) is 33.6 Å². The van der Waals surface area contributed by atoms with Gasteiger partial charge in [0.1, 0.15) is 5.56 Å². The smallest absolute Gasteiger partial charge is 0.342 e. The molecule has 0 aliphatic heterocycles. The number of hydrogen-bond donors (Lipinski definition) is 1. The number of ether oxygens (including phenoxy) is 1. The molecule has 1 aromatic heterocycles. The average Bonchev–Trinajstić information content (AvgIpc) is 2.72. The van der Waals surface area contributed by atoms with Crippen LogP contribution in [0.15, 0.2) is 6.20 Å². The maximum atomic E-state index is 11.6. The van der Waals surface area contributed by atoms with Gasteiger partial charge in [0.05, 0.1) is 18.8 Å². The van der Waals surface area contributed by atoms with Crippen molar-refractivity contribution in [1.29, 1.82) is 0 Å². The van der Waals surface area contributed by atoms with Crippen LogP contribution in [0.25, 0.3) is 0 Å². The van der Waals surface area contributed by atoms with Crippen LogP contribution < -0.4 is 0 Å². The van der Waals surface area contributed by atoms with Gasteiger partial charge in [-0.1, -0.05) is 11.6 Å². The zero-order chi connectivity index (χ0) is 13.1. The van der Waals surface area contributed by atoms with E-state index in [4.69, 9.17) is 16.3 Å². The Morgan fingerprint density at radius 1 is 1.56 bits per heavy atom. The minimum absolute atomic E-state index is 0.180. The third kappa shape index (κ3) is 2.84. The molecule has 5 nitrogen and oxygen atoms in total. The van der Waals surface area contributed by atoms with Gasteiger partial charge in [-0.05, 0) is 32.6 Å². The highest BCUT2D eigenvalue weighted by Gasteiger charge is 2.24. The van der Waals surface area contributed by atoms with Crippen LogP contribution >= 0.6 is 11.6 Å². The minimum atomic E-state index is -0.440. The molecule has 0 saturated heterocycles. The molecule has 0 unspecified atom stereocenters. The first-order valence-electron chi connectivity index (χ1n) is 6.21. The van der Waals surface area contributed by atoms with Gasteiger partial charge in [-0.15, -0.1) is 0 Å². The summed E-state index contributed by atoms with van der Waals surface area (Å²) in [5, 5.41) is 13.8. The van der Waals surface area contributed by atoms with E-state index in [-0.39, 0.29) is 17.3 Å². The summed E-state index contributed by atoms with van der Waals surface area (Å²) in [7, 11) is 0. The van der Waals surface area contributed by atoms with Gasteiger partial charge in [0.15, 0.2) is 5.15 Å². The first kappa shape index (κ1) is 13.4. The molecule has 1 saturated carbocycles. The Bertz CT molecular complexity index is 425.